The summed E-state index contributed by atoms with van der Waals surface area (Å²) < 4.78 is 0. The highest BCUT2D eigenvalue weighted by Crippen LogP contribution is 2.27. The van der Waals surface area contributed by atoms with Gasteiger partial charge in [0.2, 0.25) is 0 Å². The molecule has 0 heterocycles. The Kier molecular flexibility index (Phi) is 2.08. The quantitative estimate of drug-likeness (QED) is 0.647. The third-order valence-corrected chi connectivity index (χ3v) is 2.52. The molecule has 0 aromatic heterocycles. The summed E-state index contributed by atoms with van der Waals surface area (Å²) in [6.45, 7) is 0. The van der Waals surface area contributed by atoms with Crippen LogP contribution in [0.3, 0.4) is 0 Å². The molecule has 1 saturated carbocycles. The Morgan fingerprint density at radius 1 is 1.70 bits per heavy atom. The average Bonchev–Trinajstić information content (AvgIpc) is 2.13. The predicted octanol–water partition coefficient (Wildman–Crippen LogP) is 0.814. The molecule has 10 heavy (non-hydrogen) atoms. The minimum absolute atomic E-state index is 0.00685. The van der Waals surface area contributed by atoms with Crippen LogP contribution in [0.25, 0.3) is 0 Å². The van der Waals surface area contributed by atoms with E-state index in [9.17, 15) is 9.59 Å². The Morgan fingerprint density at radius 2 is 2.30 bits per heavy atom. The van der Waals surface area contributed by atoms with E-state index in [4.69, 9.17) is 5.11 Å². The van der Waals surface area contributed by atoms with Gasteiger partial charge in [-0.15, -0.1) is 0 Å². The Morgan fingerprint density at radius 3 is 2.50 bits per heavy atom. The zero-order valence-electron chi connectivity index (χ0n) is 5.21. The van der Waals surface area contributed by atoms with Gasteiger partial charge in [-0.25, -0.2) is 0 Å². The Balaban J connectivity index is 2.57. The molecule has 2 atom stereocenters. The van der Waals surface area contributed by atoms with Crippen LogP contribution in [0.15, 0.2) is 0 Å². The van der Waals surface area contributed by atoms with Crippen LogP contribution in [0.2, 0.25) is 0 Å². The highest BCUT2D eigenvalue weighted by Gasteiger charge is 2.34. The number of carboxylic acids is 1. The van der Waals surface area contributed by atoms with Gasteiger partial charge < -0.3 is 5.11 Å². The maximum Gasteiger partial charge on any atom is 0.306 e. The van der Waals surface area contributed by atoms with E-state index in [1.54, 1.807) is 0 Å². The van der Waals surface area contributed by atoms with E-state index in [1.807, 2.05) is 0 Å². The van der Waals surface area contributed by atoms with Crippen LogP contribution < -0.4 is 0 Å². The largest absolute Gasteiger partial charge is 0.481 e. The molecule has 3 nitrogen and oxygen atoms in total. The number of Topliss-reactive ketones (excluding diaryl/α,β-unsaturated/α-hetero) is 1. The topological polar surface area (TPSA) is 54.4 Å². The number of carbonyl (C=O) groups excluding carboxylic acids is 1. The van der Waals surface area contributed by atoms with Crippen LogP contribution in [0.5, 0.6) is 0 Å². The molecule has 0 aromatic carbocycles. The second-order valence-electron chi connectivity index (χ2n) is 2.41. The molecule has 1 aliphatic rings. The fourth-order valence-corrected chi connectivity index (χ4v) is 1.66. The van der Waals surface area contributed by atoms with Gasteiger partial charge in [-0.05, 0) is 6.42 Å². The number of ketones is 1. The van der Waals surface area contributed by atoms with Crippen LogP contribution in [-0.2, 0) is 9.59 Å². The SMILES string of the molecule is O=C1CC(C(=O)O)CC1Br. The first-order chi connectivity index (χ1) is 4.61. The maximum atomic E-state index is 10.8. The number of hydrogen-bond acceptors (Lipinski definition) is 2. The van der Waals surface area contributed by atoms with Crippen LogP contribution in [0.4, 0.5) is 0 Å². The third-order valence-electron chi connectivity index (χ3n) is 1.64. The summed E-state index contributed by atoms with van der Waals surface area (Å²) in [5.41, 5.74) is 0. The number of rotatable bonds is 1. The summed E-state index contributed by atoms with van der Waals surface area (Å²) in [6.07, 6.45) is 0.624. The van der Waals surface area contributed by atoms with Gasteiger partial charge in [0.25, 0.3) is 0 Å². The number of alkyl halides is 1. The van der Waals surface area contributed by atoms with Crippen molar-refractivity contribution < 1.29 is 14.7 Å². The number of carboxylic acid groups (broad SMARTS) is 1. The van der Waals surface area contributed by atoms with Crippen molar-refractivity contribution >= 4 is 27.7 Å². The number of halogens is 1. The third kappa shape index (κ3) is 1.37. The van der Waals surface area contributed by atoms with E-state index in [2.05, 4.69) is 15.9 Å². The number of aliphatic carboxylic acids is 1. The first kappa shape index (κ1) is 7.72. The Hall–Kier alpha value is -0.380. The summed E-state index contributed by atoms with van der Waals surface area (Å²) in [5.74, 6) is -1.32. The lowest BCUT2D eigenvalue weighted by Gasteiger charge is -1.97. The zero-order chi connectivity index (χ0) is 7.72. The van der Waals surface area contributed by atoms with E-state index in [1.165, 1.54) is 0 Å². The molecular weight excluding hydrogens is 200 g/mol. The Labute approximate surface area is 66.5 Å². The van der Waals surface area contributed by atoms with E-state index >= 15 is 0 Å². The first-order valence-electron chi connectivity index (χ1n) is 3.01. The van der Waals surface area contributed by atoms with Gasteiger partial charge >= 0.3 is 5.97 Å². The summed E-state index contributed by atoms with van der Waals surface area (Å²) in [4.78, 5) is 20.9. The molecule has 1 fully saturated rings. The molecule has 0 aliphatic heterocycles. The minimum atomic E-state index is -0.865. The number of carbonyl (C=O) groups is 2. The highest BCUT2D eigenvalue weighted by molar-refractivity contribution is 9.10. The van der Waals surface area contributed by atoms with Gasteiger partial charge in [-0.3, -0.25) is 9.59 Å². The number of hydrogen-bond donors (Lipinski definition) is 1. The van der Waals surface area contributed by atoms with Crippen molar-refractivity contribution in [2.75, 3.05) is 0 Å². The monoisotopic (exact) mass is 206 g/mol. The summed E-state index contributed by atoms with van der Waals surface area (Å²) >= 11 is 3.10. The second-order valence-corrected chi connectivity index (χ2v) is 3.51. The fraction of sp³-hybridized carbons (Fsp3) is 0.667. The van der Waals surface area contributed by atoms with Crippen molar-refractivity contribution in [2.24, 2.45) is 5.92 Å². The van der Waals surface area contributed by atoms with Gasteiger partial charge in [-0.1, -0.05) is 15.9 Å². The lowest BCUT2D eigenvalue weighted by Crippen LogP contribution is -2.09. The maximum absolute atomic E-state index is 10.8. The summed E-state index contributed by atoms with van der Waals surface area (Å²) in [6, 6.07) is 0. The second kappa shape index (κ2) is 2.70. The van der Waals surface area contributed by atoms with E-state index < -0.39 is 11.9 Å². The van der Waals surface area contributed by atoms with Gasteiger partial charge in [0.15, 0.2) is 0 Å². The van der Waals surface area contributed by atoms with Crippen LogP contribution in [0.1, 0.15) is 12.8 Å². The predicted molar refractivity (Wildman–Crippen MR) is 38.1 cm³/mol. The Bertz CT molecular complexity index is 178. The minimum Gasteiger partial charge on any atom is -0.481 e. The van der Waals surface area contributed by atoms with Crippen LogP contribution in [0, 0.1) is 5.92 Å². The molecule has 4 heteroatoms. The molecule has 0 saturated heterocycles. The van der Waals surface area contributed by atoms with Crippen LogP contribution >= 0.6 is 15.9 Å². The molecule has 1 rings (SSSR count). The molecular formula is C6H7BrO3. The summed E-state index contributed by atoms with van der Waals surface area (Å²) in [5, 5.41) is 8.48. The molecule has 0 bridgehead atoms. The van der Waals surface area contributed by atoms with E-state index in [0.29, 0.717) is 6.42 Å². The van der Waals surface area contributed by atoms with Gasteiger partial charge in [0, 0.05) is 6.42 Å². The average molecular weight is 207 g/mol. The lowest BCUT2D eigenvalue weighted by molar-refractivity contribution is -0.142. The van der Waals surface area contributed by atoms with Crippen molar-refractivity contribution in [1.82, 2.24) is 0 Å². The van der Waals surface area contributed by atoms with Crippen molar-refractivity contribution in [3.8, 4) is 0 Å². The summed E-state index contributed by atoms with van der Waals surface area (Å²) in [7, 11) is 0. The molecule has 1 aliphatic carbocycles. The van der Waals surface area contributed by atoms with Crippen LogP contribution in [-0.4, -0.2) is 21.7 Å². The lowest BCUT2D eigenvalue weighted by atomic mass is 10.1. The van der Waals surface area contributed by atoms with Crippen molar-refractivity contribution in [2.45, 2.75) is 17.7 Å². The molecule has 0 radical (unpaired) electrons. The molecule has 0 spiro atoms. The highest BCUT2D eigenvalue weighted by atomic mass is 79.9. The first-order valence-corrected chi connectivity index (χ1v) is 3.92. The standard InChI is InChI=1S/C6H7BrO3/c7-4-1-3(6(9)10)2-5(4)8/h3-4H,1-2H2,(H,9,10). The molecule has 1 N–H and O–H groups in total. The van der Waals surface area contributed by atoms with Gasteiger partial charge in [-0.2, -0.15) is 0 Å². The van der Waals surface area contributed by atoms with E-state index in [0.717, 1.165) is 0 Å². The van der Waals surface area contributed by atoms with Gasteiger partial charge in [0.1, 0.15) is 5.78 Å². The normalized spacial score (nSPS) is 32.7. The molecule has 0 aromatic rings. The van der Waals surface area contributed by atoms with Crippen molar-refractivity contribution in [3.05, 3.63) is 0 Å². The smallest absolute Gasteiger partial charge is 0.306 e. The van der Waals surface area contributed by atoms with E-state index in [-0.39, 0.29) is 17.0 Å². The zero-order valence-corrected chi connectivity index (χ0v) is 6.80. The molecule has 56 valence electrons. The van der Waals surface area contributed by atoms with Crippen molar-refractivity contribution in [3.63, 3.8) is 0 Å². The van der Waals surface area contributed by atoms with Gasteiger partial charge in [0.05, 0.1) is 10.7 Å². The molecule has 2 unspecified atom stereocenters. The fourth-order valence-electron chi connectivity index (χ4n) is 1.02. The molecule has 0 amide bonds. The van der Waals surface area contributed by atoms with Crippen molar-refractivity contribution in [1.29, 1.82) is 0 Å².